The Labute approximate surface area is 213 Å². The number of methoxy groups -OCH3 is 2. The molecule has 0 aliphatic rings. The summed E-state index contributed by atoms with van der Waals surface area (Å²) in [7, 11) is 3.56. The van der Waals surface area contributed by atoms with Gasteiger partial charge in [0.05, 0.1) is 39.6 Å². The summed E-state index contributed by atoms with van der Waals surface area (Å²) >= 11 is 0. The summed E-state index contributed by atoms with van der Waals surface area (Å²) in [6.45, 7) is 15.2. The Morgan fingerprint density at radius 3 is 1.12 bits per heavy atom. The van der Waals surface area contributed by atoms with Crippen molar-refractivity contribution in [1.29, 1.82) is 0 Å². The third kappa shape index (κ3) is 24.9. The van der Waals surface area contributed by atoms with Crippen molar-refractivity contribution in [1.82, 2.24) is 9.80 Å². The highest BCUT2D eigenvalue weighted by atomic mass is 16.5. The van der Waals surface area contributed by atoms with E-state index >= 15 is 0 Å². The molecule has 0 N–H and O–H groups in total. The average molecular weight is 489 g/mol. The second-order valence-electron chi connectivity index (χ2n) is 9.43. The summed E-state index contributed by atoms with van der Waals surface area (Å²) < 4.78 is 22.3. The van der Waals surface area contributed by atoms with Gasteiger partial charge in [0.1, 0.15) is 0 Å². The SMILES string of the molecule is CCCCCCCCN(CCOC)CCOCCOCCN(CCCCCCCC)CCOC. The Bertz CT molecular complexity index is 340. The van der Waals surface area contributed by atoms with E-state index in [-0.39, 0.29) is 0 Å². The Morgan fingerprint density at radius 2 is 0.735 bits per heavy atom. The first-order chi connectivity index (χ1) is 16.8. The first-order valence-electron chi connectivity index (χ1n) is 14.4. The molecule has 0 aromatic heterocycles. The van der Waals surface area contributed by atoms with Gasteiger partial charge >= 0.3 is 0 Å². The van der Waals surface area contributed by atoms with E-state index in [0.29, 0.717) is 13.2 Å². The minimum Gasteiger partial charge on any atom is -0.383 e. The Balaban J connectivity index is 3.80. The summed E-state index contributed by atoms with van der Waals surface area (Å²) in [5.41, 5.74) is 0. The number of unbranched alkanes of at least 4 members (excludes halogenated alkanes) is 10. The van der Waals surface area contributed by atoms with Crippen LogP contribution in [0.5, 0.6) is 0 Å². The largest absolute Gasteiger partial charge is 0.383 e. The molecule has 0 aromatic carbocycles. The quantitative estimate of drug-likeness (QED) is 0.127. The number of hydrogen-bond acceptors (Lipinski definition) is 6. The molecule has 6 nitrogen and oxygen atoms in total. The van der Waals surface area contributed by atoms with E-state index in [1.54, 1.807) is 14.2 Å². The standard InChI is InChI=1S/C28H60N2O4/c1-5-7-9-11-13-15-17-29(19-23-31-3)21-25-33-27-28-34-26-22-30(20-24-32-4)18-16-14-12-10-8-6-2/h5-28H2,1-4H3. The molecule has 0 atom stereocenters. The second-order valence-corrected chi connectivity index (χ2v) is 9.43. The predicted octanol–water partition coefficient (Wildman–Crippen LogP) is 5.64. The lowest BCUT2D eigenvalue weighted by molar-refractivity contribution is 0.0265. The Hall–Kier alpha value is -0.240. The van der Waals surface area contributed by atoms with Crippen molar-refractivity contribution in [2.75, 3.05) is 93.1 Å². The van der Waals surface area contributed by atoms with Gasteiger partial charge in [0, 0.05) is 40.4 Å². The normalized spacial score (nSPS) is 11.8. The van der Waals surface area contributed by atoms with Gasteiger partial charge in [0.25, 0.3) is 0 Å². The van der Waals surface area contributed by atoms with Gasteiger partial charge in [-0.3, -0.25) is 9.80 Å². The first kappa shape index (κ1) is 33.8. The van der Waals surface area contributed by atoms with Crippen LogP contribution in [-0.4, -0.2) is 103 Å². The smallest absolute Gasteiger partial charge is 0.0701 e. The molecule has 0 fully saturated rings. The maximum absolute atomic E-state index is 5.85. The van der Waals surface area contributed by atoms with Crippen LogP contribution in [0.25, 0.3) is 0 Å². The lowest BCUT2D eigenvalue weighted by Crippen LogP contribution is -2.32. The van der Waals surface area contributed by atoms with E-state index in [2.05, 4.69) is 23.6 Å². The highest BCUT2D eigenvalue weighted by Gasteiger charge is 2.06. The van der Waals surface area contributed by atoms with Crippen molar-refractivity contribution >= 4 is 0 Å². The Kier molecular flexibility index (Phi) is 28.8. The molecule has 0 amide bonds. The lowest BCUT2D eigenvalue weighted by atomic mass is 10.1. The molecule has 0 bridgehead atoms. The number of hydrogen-bond donors (Lipinski definition) is 0. The summed E-state index contributed by atoms with van der Waals surface area (Å²) in [6.07, 6.45) is 16.0. The van der Waals surface area contributed by atoms with E-state index in [1.807, 2.05) is 0 Å². The lowest BCUT2D eigenvalue weighted by Gasteiger charge is -2.22. The monoisotopic (exact) mass is 488 g/mol. The zero-order chi connectivity index (χ0) is 25.0. The summed E-state index contributed by atoms with van der Waals surface area (Å²) in [5, 5.41) is 0. The fourth-order valence-electron chi connectivity index (χ4n) is 4.05. The first-order valence-corrected chi connectivity index (χ1v) is 14.4. The van der Waals surface area contributed by atoms with Crippen LogP contribution in [0.1, 0.15) is 90.9 Å². The van der Waals surface area contributed by atoms with Crippen LogP contribution in [0.15, 0.2) is 0 Å². The van der Waals surface area contributed by atoms with Crippen LogP contribution in [0.4, 0.5) is 0 Å². The summed E-state index contributed by atoms with van der Waals surface area (Å²) in [4.78, 5) is 4.94. The van der Waals surface area contributed by atoms with Crippen molar-refractivity contribution in [3.8, 4) is 0 Å². The highest BCUT2D eigenvalue weighted by molar-refractivity contribution is 4.59. The molecule has 0 radical (unpaired) electrons. The van der Waals surface area contributed by atoms with Crippen molar-refractivity contribution in [2.24, 2.45) is 0 Å². The molecule has 0 spiro atoms. The van der Waals surface area contributed by atoms with Gasteiger partial charge in [-0.1, -0.05) is 78.1 Å². The zero-order valence-electron chi connectivity index (χ0n) is 23.5. The fraction of sp³-hybridized carbons (Fsp3) is 1.00. The molecule has 0 saturated heterocycles. The molecule has 0 saturated carbocycles. The van der Waals surface area contributed by atoms with E-state index < -0.39 is 0 Å². The van der Waals surface area contributed by atoms with Gasteiger partial charge in [-0.25, -0.2) is 0 Å². The van der Waals surface area contributed by atoms with E-state index in [0.717, 1.165) is 65.7 Å². The minimum absolute atomic E-state index is 0.671. The molecule has 34 heavy (non-hydrogen) atoms. The summed E-state index contributed by atoms with van der Waals surface area (Å²) in [5.74, 6) is 0. The topological polar surface area (TPSA) is 43.4 Å². The van der Waals surface area contributed by atoms with Crippen molar-refractivity contribution in [3.05, 3.63) is 0 Å². The van der Waals surface area contributed by atoms with Crippen LogP contribution in [0.3, 0.4) is 0 Å². The van der Waals surface area contributed by atoms with E-state index in [4.69, 9.17) is 18.9 Å². The zero-order valence-corrected chi connectivity index (χ0v) is 23.5. The van der Waals surface area contributed by atoms with Crippen LogP contribution in [0.2, 0.25) is 0 Å². The maximum Gasteiger partial charge on any atom is 0.0701 e. The Morgan fingerprint density at radius 1 is 0.382 bits per heavy atom. The van der Waals surface area contributed by atoms with Crippen LogP contribution in [-0.2, 0) is 18.9 Å². The van der Waals surface area contributed by atoms with Gasteiger partial charge in [-0.05, 0) is 25.9 Å². The average Bonchev–Trinajstić information content (AvgIpc) is 2.85. The van der Waals surface area contributed by atoms with Gasteiger partial charge in [-0.15, -0.1) is 0 Å². The van der Waals surface area contributed by atoms with Crippen molar-refractivity contribution in [2.45, 2.75) is 90.9 Å². The van der Waals surface area contributed by atoms with Gasteiger partial charge in [0.15, 0.2) is 0 Å². The highest BCUT2D eigenvalue weighted by Crippen LogP contribution is 2.07. The third-order valence-corrected chi connectivity index (χ3v) is 6.35. The van der Waals surface area contributed by atoms with Crippen LogP contribution in [0, 0.1) is 0 Å². The van der Waals surface area contributed by atoms with E-state index in [9.17, 15) is 0 Å². The predicted molar refractivity (Wildman–Crippen MR) is 145 cm³/mol. The van der Waals surface area contributed by atoms with Crippen molar-refractivity contribution in [3.63, 3.8) is 0 Å². The number of ether oxygens (including phenoxy) is 4. The molecule has 0 aliphatic heterocycles. The van der Waals surface area contributed by atoms with Gasteiger partial charge in [-0.2, -0.15) is 0 Å². The third-order valence-electron chi connectivity index (χ3n) is 6.35. The van der Waals surface area contributed by atoms with Crippen LogP contribution >= 0.6 is 0 Å². The molecule has 0 rings (SSSR count). The number of rotatable bonds is 29. The van der Waals surface area contributed by atoms with Crippen LogP contribution < -0.4 is 0 Å². The molecular formula is C28H60N2O4. The van der Waals surface area contributed by atoms with Crippen molar-refractivity contribution < 1.29 is 18.9 Å². The van der Waals surface area contributed by atoms with E-state index in [1.165, 1.54) is 77.0 Å². The molecule has 0 aromatic rings. The maximum atomic E-state index is 5.85. The molecular weight excluding hydrogens is 428 g/mol. The number of nitrogens with zero attached hydrogens (tertiary/aromatic N) is 2. The molecule has 0 heterocycles. The summed E-state index contributed by atoms with van der Waals surface area (Å²) in [6, 6.07) is 0. The van der Waals surface area contributed by atoms with Gasteiger partial charge in [0.2, 0.25) is 0 Å². The second kappa shape index (κ2) is 29.0. The molecule has 206 valence electrons. The molecule has 0 aliphatic carbocycles. The molecule has 6 heteroatoms. The molecule has 0 unspecified atom stereocenters. The van der Waals surface area contributed by atoms with Gasteiger partial charge < -0.3 is 18.9 Å². The fourth-order valence-corrected chi connectivity index (χ4v) is 4.05. The minimum atomic E-state index is 0.671.